The van der Waals surface area contributed by atoms with Crippen LogP contribution in [0.5, 0.6) is 5.88 Å². The van der Waals surface area contributed by atoms with Crippen molar-refractivity contribution in [3.05, 3.63) is 83.3 Å². The maximum Gasteiger partial charge on any atom is 0.224 e. The van der Waals surface area contributed by atoms with Crippen LogP contribution in [0.4, 0.5) is 4.39 Å². The molecule has 4 nitrogen and oxygen atoms in total. The van der Waals surface area contributed by atoms with Crippen LogP contribution in [0, 0.1) is 12.7 Å². The second kappa shape index (κ2) is 7.11. The number of pyridine rings is 1. The largest absolute Gasteiger partial charge is 0.480 e. The Morgan fingerprint density at radius 3 is 2.56 bits per heavy atom. The molecular weight excluding hydrogens is 341 g/mol. The first kappa shape index (κ1) is 17.1. The molecule has 0 saturated carbocycles. The van der Waals surface area contributed by atoms with Crippen LogP contribution in [0.25, 0.3) is 22.4 Å². The Kier molecular flexibility index (Phi) is 4.50. The van der Waals surface area contributed by atoms with Crippen LogP contribution in [0.15, 0.2) is 60.7 Å². The van der Waals surface area contributed by atoms with Gasteiger partial charge >= 0.3 is 0 Å². The molecule has 0 radical (unpaired) electrons. The van der Waals surface area contributed by atoms with E-state index in [0.29, 0.717) is 34.9 Å². The predicted molar refractivity (Wildman–Crippen MR) is 103 cm³/mol. The van der Waals surface area contributed by atoms with Crippen LogP contribution < -0.4 is 4.74 Å². The van der Waals surface area contributed by atoms with Crippen LogP contribution >= 0.6 is 0 Å². The molecule has 0 atom stereocenters. The molecule has 0 fully saturated rings. The zero-order valence-electron chi connectivity index (χ0n) is 15.1. The number of halogens is 1. The molecule has 5 heteroatoms. The van der Waals surface area contributed by atoms with E-state index in [1.165, 1.54) is 0 Å². The average molecular weight is 359 g/mol. The van der Waals surface area contributed by atoms with Crippen LogP contribution in [0.1, 0.15) is 16.8 Å². The Balaban J connectivity index is 1.74. The van der Waals surface area contributed by atoms with Gasteiger partial charge in [-0.15, -0.1) is 0 Å². The molecule has 0 aliphatic rings. The van der Waals surface area contributed by atoms with Crippen LogP contribution in [0.3, 0.4) is 0 Å². The predicted octanol–water partition coefficient (Wildman–Crippen LogP) is 4.74. The van der Waals surface area contributed by atoms with Crippen molar-refractivity contribution in [3.63, 3.8) is 0 Å². The molecule has 0 bridgehead atoms. The van der Waals surface area contributed by atoms with E-state index in [0.717, 1.165) is 16.6 Å². The lowest BCUT2D eigenvalue weighted by molar-refractivity contribution is 0.403. The van der Waals surface area contributed by atoms with Crippen molar-refractivity contribution in [1.29, 1.82) is 0 Å². The van der Waals surface area contributed by atoms with Crippen molar-refractivity contribution in [2.75, 3.05) is 7.11 Å². The van der Waals surface area contributed by atoms with Crippen LogP contribution in [-0.4, -0.2) is 22.1 Å². The summed E-state index contributed by atoms with van der Waals surface area (Å²) in [5.74, 6) is 0.804. The maximum atomic E-state index is 14.3. The molecule has 0 aliphatic heterocycles. The fraction of sp³-hybridized carbons (Fsp3) is 0.136. The van der Waals surface area contributed by atoms with Gasteiger partial charge in [-0.1, -0.05) is 36.4 Å². The van der Waals surface area contributed by atoms with Gasteiger partial charge in [0.05, 0.1) is 18.0 Å². The standard InChI is InChI=1S/C22H18FN3O/c1-14-7-5-8-15(20(14)23)13-16-9-6-12-19(24-16)21-25-18-11-4-3-10-17(18)22(26-21)27-2/h3-12H,13H2,1-2H3. The molecule has 2 aromatic heterocycles. The van der Waals surface area contributed by atoms with E-state index in [1.54, 1.807) is 26.2 Å². The Labute approximate surface area is 156 Å². The van der Waals surface area contributed by atoms with E-state index < -0.39 is 0 Å². The van der Waals surface area contributed by atoms with Crippen molar-refractivity contribution in [3.8, 4) is 17.4 Å². The van der Waals surface area contributed by atoms with Gasteiger partial charge in [0.2, 0.25) is 5.88 Å². The summed E-state index contributed by atoms with van der Waals surface area (Å²) in [6, 6.07) is 18.7. The zero-order chi connectivity index (χ0) is 18.8. The first-order valence-electron chi connectivity index (χ1n) is 8.67. The van der Waals surface area contributed by atoms with E-state index in [-0.39, 0.29) is 5.82 Å². The minimum absolute atomic E-state index is 0.187. The summed E-state index contributed by atoms with van der Waals surface area (Å²) in [4.78, 5) is 13.7. The molecular formula is C22H18FN3O. The zero-order valence-corrected chi connectivity index (χ0v) is 15.1. The van der Waals surface area contributed by atoms with Gasteiger partial charge in [-0.25, -0.2) is 14.4 Å². The number of aryl methyl sites for hydroxylation is 1. The average Bonchev–Trinajstić information content (AvgIpc) is 2.71. The number of hydrogen-bond donors (Lipinski definition) is 0. The second-order valence-electron chi connectivity index (χ2n) is 6.31. The molecule has 0 spiro atoms. The van der Waals surface area contributed by atoms with Gasteiger partial charge in [0, 0.05) is 12.1 Å². The fourth-order valence-electron chi connectivity index (χ4n) is 3.06. The van der Waals surface area contributed by atoms with Gasteiger partial charge in [0.1, 0.15) is 11.5 Å². The molecule has 134 valence electrons. The molecule has 0 aliphatic carbocycles. The molecule has 2 heterocycles. The number of hydrogen-bond acceptors (Lipinski definition) is 4. The van der Waals surface area contributed by atoms with Crippen LogP contribution in [0.2, 0.25) is 0 Å². The lowest BCUT2D eigenvalue weighted by Gasteiger charge is -2.09. The van der Waals surface area contributed by atoms with Crippen molar-refractivity contribution in [1.82, 2.24) is 15.0 Å². The number of fused-ring (bicyclic) bond motifs is 1. The number of ether oxygens (including phenoxy) is 1. The highest BCUT2D eigenvalue weighted by Gasteiger charge is 2.12. The van der Waals surface area contributed by atoms with Gasteiger partial charge < -0.3 is 4.74 Å². The molecule has 0 amide bonds. The van der Waals surface area contributed by atoms with E-state index >= 15 is 0 Å². The number of nitrogens with zero attached hydrogens (tertiary/aromatic N) is 3. The Morgan fingerprint density at radius 1 is 0.889 bits per heavy atom. The number of rotatable bonds is 4. The molecule has 4 aromatic rings. The minimum atomic E-state index is -0.187. The molecule has 0 saturated heterocycles. The first-order chi connectivity index (χ1) is 13.2. The molecule has 0 unspecified atom stereocenters. The summed E-state index contributed by atoms with van der Waals surface area (Å²) in [6.45, 7) is 1.76. The minimum Gasteiger partial charge on any atom is -0.480 e. The lowest BCUT2D eigenvalue weighted by Crippen LogP contribution is -2.01. The summed E-state index contributed by atoms with van der Waals surface area (Å²) < 4.78 is 19.7. The maximum absolute atomic E-state index is 14.3. The Hall–Kier alpha value is -3.34. The summed E-state index contributed by atoms with van der Waals surface area (Å²) in [5, 5.41) is 0.849. The summed E-state index contributed by atoms with van der Waals surface area (Å²) in [7, 11) is 1.59. The van der Waals surface area contributed by atoms with Gasteiger partial charge in [0.25, 0.3) is 0 Å². The summed E-state index contributed by atoms with van der Waals surface area (Å²) in [6.07, 6.45) is 0.409. The quantitative estimate of drug-likeness (QED) is 0.528. The third-order valence-corrected chi connectivity index (χ3v) is 4.44. The molecule has 2 aromatic carbocycles. The third kappa shape index (κ3) is 3.36. The van der Waals surface area contributed by atoms with Gasteiger partial charge in [0.15, 0.2) is 5.82 Å². The molecule has 27 heavy (non-hydrogen) atoms. The number of benzene rings is 2. The number of aromatic nitrogens is 3. The first-order valence-corrected chi connectivity index (χ1v) is 8.67. The number of methoxy groups -OCH3 is 1. The van der Waals surface area contributed by atoms with E-state index in [1.807, 2.05) is 48.5 Å². The smallest absolute Gasteiger partial charge is 0.224 e. The van der Waals surface area contributed by atoms with Crippen molar-refractivity contribution < 1.29 is 9.13 Å². The normalized spacial score (nSPS) is 10.9. The highest BCUT2D eigenvalue weighted by Crippen LogP contribution is 2.26. The van der Waals surface area contributed by atoms with Gasteiger partial charge in [-0.05, 0) is 42.3 Å². The molecule has 4 rings (SSSR count). The monoisotopic (exact) mass is 359 g/mol. The van der Waals surface area contributed by atoms with E-state index in [2.05, 4.69) is 15.0 Å². The van der Waals surface area contributed by atoms with Crippen molar-refractivity contribution in [2.24, 2.45) is 0 Å². The molecule has 0 N–H and O–H groups in total. The van der Waals surface area contributed by atoms with Gasteiger partial charge in [-0.2, -0.15) is 4.98 Å². The topological polar surface area (TPSA) is 47.9 Å². The highest BCUT2D eigenvalue weighted by atomic mass is 19.1. The van der Waals surface area contributed by atoms with E-state index in [4.69, 9.17) is 4.74 Å². The van der Waals surface area contributed by atoms with Crippen molar-refractivity contribution in [2.45, 2.75) is 13.3 Å². The number of para-hydroxylation sites is 1. The SMILES string of the molecule is COc1nc(-c2cccc(Cc3cccc(C)c3F)n2)nc2ccccc12. The third-order valence-electron chi connectivity index (χ3n) is 4.44. The Bertz CT molecular complexity index is 1130. The summed E-state index contributed by atoms with van der Waals surface area (Å²) >= 11 is 0. The Morgan fingerprint density at radius 2 is 1.70 bits per heavy atom. The van der Waals surface area contributed by atoms with E-state index in [9.17, 15) is 4.39 Å². The second-order valence-corrected chi connectivity index (χ2v) is 6.31. The highest BCUT2D eigenvalue weighted by molar-refractivity contribution is 5.84. The fourth-order valence-corrected chi connectivity index (χ4v) is 3.06. The van der Waals surface area contributed by atoms with Crippen molar-refractivity contribution >= 4 is 10.9 Å². The lowest BCUT2D eigenvalue weighted by atomic mass is 10.1. The summed E-state index contributed by atoms with van der Waals surface area (Å²) in [5.41, 5.74) is 3.43. The van der Waals surface area contributed by atoms with Gasteiger partial charge in [-0.3, -0.25) is 0 Å². The van der Waals surface area contributed by atoms with Crippen LogP contribution in [-0.2, 0) is 6.42 Å².